The summed E-state index contributed by atoms with van der Waals surface area (Å²) < 4.78 is 0. The molecular formula is C12H9N3OS. The number of nitrogens with one attached hydrogen (secondary N) is 1. The lowest BCUT2D eigenvalue weighted by atomic mass is 10.1. The fraction of sp³-hybridized carbons (Fsp3) is 0.0833. The van der Waals surface area contributed by atoms with Crippen molar-refractivity contribution in [2.45, 2.75) is 5.16 Å². The van der Waals surface area contributed by atoms with Gasteiger partial charge in [-0.05, 0) is 11.8 Å². The summed E-state index contributed by atoms with van der Waals surface area (Å²) in [6.45, 7) is 7.06. The maximum Gasteiger partial charge on any atom is 0.276 e. The summed E-state index contributed by atoms with van der Waals surface area (Å²) in [5.41, 5.74) is 0.862. The van der Waals surface area contributed by atoms with Gasteiger partial charge in [0.1, 0.15) is 0 Å². The Kier molecular flexibility index (Phi) is 3.26. The van der Waals surface area contributed by atoms with Gasteiger partial charge in [-0.1, -0.05) is 42.1 Å². The third-order valence-corrected chi connectivity index (χ3v) is 2.81. The van der Waals surface area contributed by atoms with Gasteiger partial charge in [-0.15, -0.1) is 0 Å². The van der Waals surface area contributed by atoms with E-state index >= 15 is 0 Å². The smallest absolute Gasteiger partial charge is 0.276 e. The Bertz CT molecular complexity index is 628. The predicted octanol–water partition coefficient (Wildman–Crippen LogP) is 2.71. The average molecular weight is 243 g/mol. The molecule has 2 rings (SSSR count). The average Bonchev–Trinajstić information content (AvgIpc) is 2.38. The second-order valence-electron chi connectivity index (χ2n) is 3.25. The number of nitrogens with zero attached hydrogens (tertiary/aromatic N) is 2. The van der Waals surface area contributed by atoms with Gasteiger partial charge in [-0.25, -0.2) is 9.83 Å². The van der Waals surface area contributed by atoms with Crippen LogP contribution in [-0.4, -0.2) is 16.2 Å². The number of H-pyrrole nitrogens is 1. The highest BCUT2D eigenvalue weighted by atomic mass is 32.2. The summed E-state index contributed by atoms with van der Waals surface area (Å²) in [4.78, 5) is 21.8. The number of hydrogen-bond donors (Lipinski definition) is 1. The van der Waals surface area contributed by atoms with Crippen molar-refractivity contribution in [1.82, 2.24) is 9.97 Å². The molecule has 0 aliphatic rings. The summed E-state index contributed by atoms with van der Waals surface area (Å²) in [6.07, 6.45) is 1.82. The highest BCUT2D eigenvalue weighted by Gasteiger charge is 2.12. The molecule has 1 heterocycles. The van der Waals surface area contributed by atoms with E-state index < -0.39 is 5.56 Å². The zero-order valence-electron chi connectivity index (χ0n) is 9.10. The van der Waals surface area contributed by atoms with Crippen LogP contribution in [0.2, 0.25) is 0 Å². The minimum absolute atomic E-state index is 0.0361. The lowest BCUT2D eigenvalue weighted by molar-refractivity contribution is 0.953. The SMILES string of the molecule is [C-]#[N+]c1c(-c2ccccc2)nc(SC)[nH]c1=O. The monoisotopic (exact) mass is 243 g/mol. The molecule has 1 N–H and O–H groups in total. The summed E-state index contributed by atoms with van der Waals surface area (Å²) in [7, 11) is 0. The van der Waals surface area contributed by atoms with E-state index in [1.54, 1.807) is 0 Å². The number of hydrogen-bond acceptors (Lipinski definition) is 3. The van der Waals surface area contributed by atoms with Gasteiger partial charge >= 0.3 is 0 Å². The Balaban J connectivity index is 2.72. The third-order valence-electron chi connectivity index (χ3n) is 2.23. The lowest BCUT2D eigenvalue weighted by Gasteiger charge is -2.04. The molecule has 0 bridgehead atoms. The van der Waals surface area contributed by atoms with E-state index in [9.17, 15) is 4.79 Å². The first-order valence-electron chi connectivity index (χ1n) is 4.87. The first kappa shape index (κ1) is 11.4. The van der Waals surface area contributed by atoms with E-state index in [0.717, 1.165) is 5.56 Å². The molecule has 0 saturated heterocycles. The van der Waals surface area contributed by atoms with E-state index in [1.807, 2.05) is 36.6 Å². The molecule has 0 saturated carbocycles. The Morgan fingerprint density at radius 2 is 2.06 bits per heavy atom. The normalized spacial score (nSPS) is 9.88. The number of aromatic nitrogens is 2. The van der Waals surface area contributed by atoms with Crippen LogP contribution < -0.4 is 5.56 Å². The second-order valence-corrected chi connectivity index (χ2v) is 4.05. The maximum atomic E-state index is 11.7. The minimum Gasteiger partial charge on any atom is -0.311 e. The standard InChI is InChI=1S/C12H9N3OS/c1-13-10-9(8-6-4-3-5-7-8)14-12(17-2)15-11(10)16/h3-7H,2H3,(H,14,15,16). The van der Waals surface area contributed by atoms with Gasteiger partial charge in [-0.2, -0.15) is 0 Å². The van der Waals surface area contributed by atoms with Crippen LogP contribution in [0.1, 0.15) is 0 Å². The van der Waals surface area contributed by atoms with Crippen molar-refractivity contribution in [2.24, 2.45) is 0 Å². The summed E-state index contributed by atoms with van der Waals surface area (Å²) in [5.74, 6) is 0. The molecule has 17 heavy (non-hydrogen) atoms. The van der Waals surface area contributed by atoms with E-state index in [2.05, 4.69) is 14.8 Å². The zero-order chi connectivity index (χ0) is 12.3. The fourth-order valence-electron chi connectivity index (χ4n) is 1.44. The highest BCUT2D eigenvalue weighted by molar-refractivity contribution is 7.98. The molecule has 4 nitrogen and oxygen atoms in total. The molecule has 0 aliphatic carbocycles. The maximum absolute atomic E-state index is 11.7. The van der Waals surface area contributed by atoms with Crippen LogP contribution in [0.4, 0.5) is 5.69 Å². The number of aromatic amines is 1. The van der Waals surface area contributed by atoms with Gasteiger partial charge in [0.25, 0.3) is 11.2 Å². The Hall–Kier alpha value is -2.06. The molecule has 1 aromatic carbocycles. The van der Waals surface area contributed by atoms with Crippen molar-refractivity contribution in [3.8, 4) is 11.3 Å². The Morgan fingerprint density at radius 1 is 1.35 bits per heavy atom. The van der Waals surface area contributed by atoms with Crippen molar-refractivity contribution in [2.75, 3.05) is 6.26 Å². The van der Waals surface area contributed by atoms with E-state index in [1.165, 1.54) is 11.8 Å². The van der Waals surface area contributed by atoms with Crippen molar-refractivity contribution < 1.29 is 0 Å². The molecule has 84 valence electrons. The molecule has 2 aromatic rings. The highest BCUT2D eigenvalue weighted by Crippen LogP contribution is 2.26. The van der Waals surface area contributed by atoms with Crippen molar-refractivity contribution >= 4 is 17.4 Å². The molecular weight excluding hydrogens is 234 g/mol. The van der Waals surface area contributed by atoms with Crippen LogP contribution >= 0.6 is 11.8 Å². The fourth-order valence-corrected chi connectivity index (χ4v) is 1.82. The van der Waals surface area contributed by atoms with Crippen molar-refractivity contribution in [3.63, 3.8) is 0 Å². The lowest BCUT2D eigenvalue weighted by Crippen LogP contribution is -2.09. The molecule has 0 radical (unpaired) electrons. The molecule has 1 aromatic heterocycles. The van der Waals surface area contributed by atoms with Gasteiger partial charge in [0.05, 0.1) is 12.3 Å². The number of benzene rings is 1. The van der Waals surface area contributed by atoms with Crippen LogP contribution in [0, 0.1) is 6.57 Å². The van der Waals surface area contributed by atoms with Gasteiger partial charge in [0, 0.05) is 0 Å². The molecule has 0 spiro atoms. The number of rotatable bonds is 2. The van der Waals surface area contributed by atoms with Crippen molar-refractivity contribution in [3.05, 3.63) is 52.1 Å². The van der Waals surface area contributed by atoms with E-state index in [0.29, 0.717) is 10.9 Å². The Labute approximate surface area is 103 Å². The third kappa shape index (κ3) is 2.22. The van der Waals surface area contributed by atoms with Gasteiger partial charge in [-0.3, -0.25) is 4.79 Å². The largest absolute Gasteiger partial charge is 0.311 e. The van der Waals surface area contributed by atoms with Gasteiger partial charge in [0.2, 0.25) is 0 Å². The summed E-state index contributed by atoms with van der Waals surface area (Å²) in [5, 5.41) is 0.515. The van der Waals surface area contributed by atoms with E-state index in [-0.39, 0.29) is 5.69 Å². The van der Waals surface area contributed by atoms with Gasteiger partial charge < -0.3 is 4.98 Å². The molecule has 5 heteroatoms. The minimum atomic E-state index is -0.391. The first-order valence-corrected chi connectivity index (χ1v) is 6.10. The van der Waals surface area contributed by atoms with Crippen LogP contribution in [0.3, 0.4) is 0 Å². The van der Waals surface area contributed by atoms with Crippen LogP contribution in [0.5, 0.6) is 0 Å². The van der Waals surface area contributed by atoms with Crippen LogP contribution in [0.25, 0.3) is 16.1 Å². The summed E-state index contributed by atoms with van der Waals surface area (Å²) >= 11 is 1.34. The van der Waals surface area contributed by atoms with Crippen LogP contribution in [0.15, 0.2) is 40.3 Å². The number of thioether (sulfide) groups is 1. The molecule has 0 amide bonds. The Morgan fingerprint density at radius 3 is 2.65 bits per heavy atom. The first-order chi connectivity index (χ1) is 8.26. The molecule has 0 atom stereocenters. The summed E-state index contributed by atoms with van der Waals surface area (Å²) in [6, 6.07) is 9.25. The second kappa shape index (κ2) is 4.85. The van der Waals surface area contributed by atoms with E-state index in [4.69, 9.17) is 6.57 Å². The molecule has 0 aliphatic heterocycles. The quantitative estimate of drug-likeness (QED) is 0.501. The predicted molar refractivity (Wildman–Crippen MR) is 68.3 cm³/mol. The molecule has 0 unspecified atom stereocenters. The molecule has 0 fully saturated rings. The van der Waals surface area contributed by atoms with Gasteiger partial charge in [0.15, 0.2) is 5.16 Å². The topological polar surface area (TPSA) is 50.1 Å². The van der Waals surface area contributed by atoms with Crippen molar-refractivity contribution in [1.29, 1.82) is 0 Å². The zero-order valence-corrected chi connectivity index (χ0v) is 9.91. The van der Waals surface area contributed by atoms with Crippen LogP contribution in [-0.2, 0) is 0 Å².